The van der Waals surface area contributed by atoms with E-state index in [0.29, 0.717) is 12.2 Å². The van der Waals surface area contributed by atoms with E-state index < -0.39 is 26.1 Å². The zero-order valence-electron chi connectivity index (χ0n) is 25.0. The number of aryl methyl sites for hydroxylation is 1. The van der Waals surface area contributed by atoms with Crippen molar-refractivity contribution in [3.63, 3.8) is 0 Å². The molecule has 0 aromatic heterocycles. The molecule has 5 atom stereocenters. The second-order valence-electron chi connectivity index (χ2n) is 10.5. The molecule has 0 amide bonds. The number of carbonyl (C=O) groups is 1. The summed E-state index contributed by atoms with van der Waals surface area (Å²) in [6, 6.07) is 16.6. The van der Waals surface area contributed by atoms with Gasteiger partial charge in [0.2, 0.25) is 6.29 Å². The Labute approximate surface area is 245 Å². The lowest BCUT2D eigenvalue weighted by molar-refractivity contribution is -0.239. The van der Waals surface area contributed by atoms with Crippen LogP contribution in [-0.4, -0.2) is 43.8 Å². The lowest BCUT2D eigenvalue weighted by atomic mass is 9.83. The molecule has 1 fully saturated rings. The molecule has 1 aliphatic heterocycles. The van der Waals surface area contributed by atoms with Crippen LogP contribution in [0, 0.1) is 24.2 Å². The first-order valence-electron chi connectivity index (χ1n) is 14.7. The van der Waals surface area contributed by atoms with E-state index in [0.717, 1.165) is 36.8 Å². The average Bonchev–Trinajstić information content (AvgIpc) is 2.95. The maximum Gasteiger partial charge on any atom is 0.330 e. The van der Waals surface area contributed by atoms with Crippen LogP contribution in [-0.2, 0) is 34.3 Å². The largest absolute Gasteiger partial charge is 0.465 e. The van der Waals surface area contributed by atoms with E-state index in [1.807, 2.05) is 38.1 Å². The summed E-state index contributed by atoms with van der Waals surface area (Å²) in [6.07, 6.45) is 8.20. The van der Waals surface area contributed by atoms with Gasteiger partial charge in [0.25, 0.3) is 0 Å². The maximum atomic E-state index is 13.1. The molecule has 224 valence electrons. The quantitative estimate of drug-likeness (QED) is 0.0920. The predicted octanol–water partition coefficient (Wildman–Crippen LogP) is 7.66. The summed E-state index contributed by atoms with van der Waals surface area (Å²) < 4.78 is 42.4. The van der Waals surface area contributed by atoms with Crippen LogP contribution in [0.1, 0.15) is 65.9 Å². The van der Waals surface area contributed by atoms with Gasteiger partial charge in [0.1, 0.15) is 11.9 Å². The second kappa shape index (κ2) is 16.1. The molecular weight excluding hydrogens is 539 g/mol. The molecule has 2 aromatic carbocycles. The van der Waals surface area contributed by atoms with E-state index >= 15 is 0 Å². The van der Waals surface area contributed by atoms with Gasteiger partial charge >= 0.3 is 13.6 Å². The standard InChI is InChI=1S/C33H45O7P/c1-7-10-11-12-14-27-15-13-16-29(23-27)28-17-19-30(20-18-28)39-33-25(5)24(4)32(38-26(6)34)31(40-33)21-22-41(35,36-8-2)37-9-3/h1,13,15-20,23-25,31-33H,8-12,14,21-22H2,2-6H3/t24-,25+,31-,32+,33+/m1/s1. The molecule has 1 heterocycles. The van der Waals surface area contributed by atoms with Gasteiger partial charge in [-0.3, -0.25) is 9.36 Å². The Bertz CT molecular complexity index is 1180. The minimum atomic E-state index is -3.29. The summed E-state index contributed by atoms with van der Waals surface area (Å²) >= 11 is 0. The number of hydrogen-bond acceptors (Lipinski definition) is 7. The minimum absolute atomic E-state index is 0.0520. The van der Waals surface area contributed by atoms with E-state index in [4.69, 9.17) is 29.7 Å². The van der Waals surface area contributed by atoms with Gasteiger partial charge in [-0.1, -0.05) is 50.2 Å². The van der Waals surface area contributed by atoms with Crippen LogP contribution >= 0.6 is 7.60 Å². The molecule has 0 aliphatic carbocycles. The first-order valence-corrected chi connectivity index (χ1v) is 16.4. The maximum absolute atomic E-state index is 13.1. The van der Waals surface area contributed by atoms with Crippen molar-refractivity contribution in [2.45, 2.75) is 85.2 Å². The number of hydrogen-bond donors (Lipinski definition) is 0. The highest BCUT2D eigenvalue weighted by Crippen LogP contribution is 2.49. The molecule has 0 saturated carbocycles. The van der Waals surface area contributed by atoms with Crippen LogP contribution in [0.3, 0.4) is 0 Å². The summed E-state index contributed by atoms with van der Waals surface area (Å²) in [6.45, 7) is 9.56. The van der Waals surface area contributed by atoms with Crippen molar-refractivity contribution < 1.29 is 32.6 Å². The van der Waals surface area contributed by atoms with Gasteiger partial charge in [-0.2, -0.15) is 0 Å². The van der Waals surface area contributed by atoms with Gasteiger partial charge in [0, 0.05) is 25.2 Å². The van der Waals surface area contributed by atoms with Crippen molar-refractivity contribution in [2.75, 3.05) is 19.4 Å². The van der Waals surface area contributed by atoms with Gasteiger partial charge in [-0.05, 0) is 68.4 Å². The third-order valence-electron chi connectivity index (χ3n) is 7.50. The molecule has 0 unspecified atom stereocenters. The van der Waals surface area contributed by atoms with E-state index in [1.54, 1.807) is 13.8 Å². The predicted molar refractivity (Wildman–Crippen MR) is 162 cm³/mol. The zero-order chi connectivity index (χ0) is 29.8. The molecule has 2 aromatic rings. The smallest absolute Gasteiger partial charge is 0.330 e. The molecule has 1 saturated heterocycles. The monoisotopic (exact) mass is 584 g/mol. The lowest BCUT2D eigenvalue weighted by Gasteiger charge is -2.44. The molecule has 0 radical (unpaired) electrons. The number of ether oxygens (including phenoxy) is 3. The molecule has 7 nitrogen and oxygen atoms in total. The van der Waals surface area contributed by atoms with Crippen molar-refractivity contribution in [3.05, 3.63) is 54.1 Å². The molecule has 8 heteroatoms. The van der Waals surface area contributed by atoms with Crippen LogP contribution in [0.15, 0.2) is 48.5 Å². The summed E-state index contributed by atoms with van der Waals surface area (Å²) in [5, 5.41) is 0. The summed E-state index contributed by atoms with van der Waals surface area (Å²) in [5.41, 5.74) is 3.55. The molecule has 0 spiro atoms. The normalized spacial score (nSPS) is 22.6. The van der Waals surface area contributed by atoms with E-state index in [1.165, 1.54) is 12.5 Å². The van der Waals surface area contributed by atoms with Crippen LogP contribution < -0.4 is 4.74 Å². The fourth-order valence-electron chi connectivity index (χ4n) is 5.17. The summed E-state index contributed by atoms with van der Waals surface area (Å²) in [5.74, 6) is 2.89. The molecule has 1 aliphatic rings. The lowest BCUT2D eigenvalue weighted by Crippen LogP contribution is -2.53. The summed E-state index contributed by atoms with van der Waals surface area (Å²) in [4.78, 5) is 11.9. The number of terminal acetylenes is 1. The number of carbonyl (C=O) groups excluding carboxylic acids is 1. The summed E-state index contributed by atoms with van der Waals surface area (Å²) in [7, 11) is -3.29. The van der Waals surface area contributed by atoms with E-state index in [2.05, 4.69) is 30.2 Å². The highest BCUT2D eigenvalue weighted by molar-refractivity contribution is 7.53. The molecule has 41 heavy (non-hydrogen) atoms. The number of benzene rings is 2. The van der Waals surface area contributed by atoms with E-state index in [9.17, 15) is 9.36 Å². The van der Waals surface area contributed by atoms with Crippen molar-refractivity contribution in [1.82, 2.24) is 0 Å². The average molecular weight is 585 g/mol. The number of unbranched alkanes of at least 4 members (excludes halogenated alkanes) is 2. The van der Waals surface area contributed by atoms with Crippen molar-refractivity contribution in [1.29, 1.82) is 0 Å². The van der Waals surface area contributed by atoms with Crippen LogP contribution in [0.25, 0.3) is 11.1 Å². The van der Waals surface area contributed by atoms with Gasteiger partial charge in [-0.15, -0.1) is 12.3 Å². The highest BCUT2D eigenvalue weighted by atomic mass is 31.2. The molecular formula is C33H45O7P. The van der Waals surface area contributed by atoms with Crippen molar-refractivity contribution in [2.24, 2.45) is 11.8 Å². The third-order valence-corrected chi connectivity index (χ3v) is 9.61. The first kappa shape index (κ1) is 32.9. The highest BCUT2D eigenvalue weighted by Gasteiger charge is 2.45. The van der Waals surface area contributed by atoms with Gasteiger partial charge < -0.3 is 23.3 Å². The van der Waals surface area contributed by atoms with Crippen molar-refractivity contribution in [3.8, 4) is 29.2 Å². The van der Waals surface area contributed by atoms with Crippen LogP contribution in [0.5, 0.6) is 5.75 Å². The first-order chi connectivity index (χ1) is 19.7. The van der Waals surface area contributed by atoms with E-state index in [-0.39, 0.29) is 37.2 Å². The number of esters is 1. The Morgan fingerprint density at radius 2 is 1.71 bits per heavy atom. The second-order valence-corrected chi connectivity index (χ2v) is 12.7. The molecule has 0 bridgehead atoms. The minimum Gasteiger partial charge on any atom is -0.465 e. The Morgan fingerprint density at radius 1 is 1.00 bits per heavy atom. The van der Waals surface area contributed by atoms with Crippen LogP contribution in [0.2, 0.25) is 0 Å². The third kappa shape index (κ3) is 9.72. The fraction of sp³-hybridized carbons (Fsp3) is 0.545. The Kier molecular flexibility index (Phi) is 12.9. The Morgan fingerprint density at radius 3 is 2.34 bits per heavy atom. The SMILES string of the molecule is C#CCCCCc1cccc(-c2ccc(O[C@H]3O[C@H](CCP(=O)(OCC)OCC)[C@@H](OC(C)=O)[C@H](C)[C@@H]3C)cc2)c1. The number of rotatable bonds is 15. The topological polar surface area (TPSA) is 80.3 Å². The van der Waals surface area contributed by atoms with Crippen LogP contribution in [0.4, 0.5) is 0 Å². The fourth-order valence-corrected chi connectivity index (χ4v) is 6.86. The van der Waals surface area contributed by atoms with Gasteiger partial charge in [0.05, 0.1) is 25.5 Å². The Balaban J connectivity index is 1.71. The Hall–Kier alpha value is -2.62. The van der Waals surface area contributed by atoms with Crippen molar-refractivity contribution >= 4 is 13.6 Å². The van der Waals surface area contributed by atoms with Gasteiger partial charge in [0.15, 0.2) is 0 Å². The van der Waals surface area contributed by atoms with Gasteiger partial charge in [-0.25, -0.2) is 0 Å². The zero-order valence-corrected chi connectivity index (χ0v) is 25.9. The molecule has 3 rings (SSSR count). The molecule has 0 N–H and O–H groups in total.